The van der Waals surface area contributed by atoms with Gasteiger partial charge in [0.05, 0.1) is 12.2 Å². The molecule has 0 atom stereocenters. The molecule has 0 aliphatic carbocycles. The van der Waals surface area contributed by atoms with E-state index in [1.165, 1.54) is 12.1 Å². The second kappa shape index (κ2) is 10.8. The van der Waals surface area contributed by atoms with E-state index in [1.807, 2.05) is 30.3 Å². The number of carbonyl (C=O) groups excluding carboxylic acids is 1. The molecule has 1 fully saturated rings. The van der Waals surface area contributed by atoms with E-state index in [4.69, 9.17) is 4.74 Å². The predicted octanol–water partition coefficient (Wildman–Crippen LogP) is 5.75. The third-order valence-electron chi connectivity index (χ3n) is 5.93. The Kier molecular flexibility index (Phi) is 7.60. The lowest BCUT2D eigenvalue weighted by Gasteiger charge is -2.36. The Hall–Kier alpha value is -3.52. The summed E-state index contributed by atoms with van der Waals surface area (Å²) in [6.45, 7) is 6.32. The number of esters is 1. The molecule has 184 valence electrons. The standard InChI is InChI=1S/C27H27F3N2O3/c1-2-34-26(33)21-7-11-23(12-8-21)32-17-15-31(16-18-32)19-22-5-3-4-6-25(22)20-9-13-24(14-10-20)35-27(28,29)30/h3-14H,2,15-19H2,1H3. The van der Waals surface area contributed by atoms with Crippen molar-refractivity contribution < 1.29 is 27.4 Å². The molecule has 1 aliphatic rings. The van der Waals surface area contributed by atoms with Gasteiger partial charge in [0.25, 0.3) is 0 Å². The zero-order valence-corrected chi connectivity index (χ0v) is 19.4. The molecule has 8 heteroatoms. The quantitative estimate of drug-likeness (QED) is 0.400. The first-order valence-electron chi connectivity index (χ1n) is 11.5. The smallest absolute Gasteiger partial charge is 0.462 e. The minimum atomic E-state index is -4.70. The van der Waals surface area contributed by atoms with Crippen molar-refractivity contribution in [3.05, 3.63) is 83.9 Å². The van der Waals surface area contributed by atoms with Gasteiger partial charge in [0.2, 0.25) is 0 Å². The molecule has 0 spiro atoms. The molecule has 35 heavy (non-hydrogen) atoms. The second-order valence-corrected chi connectivity index (χ2v) is 8.26. The van der Waals surface area contributed by atoms with Gasteiger partial charge in [0.1, 0.15) is 5.75 Å². The number of carbonyl (C=O) groups is 1. The van der Waals surface area contributed by atoms with Crippen LogP contribution in [0.2, 0.25) is 0 Å². The van der Waals surface area contributed by atoms with Crippen molar-refractivity contribution in [3.63, 3.8) is 0 Å². The van der Waals surface area contributed by atoms with Crippen molar-refractivity contribution in [1.29, 1.82) is 0 Å². The van der Waals surface area contributed by atoms with Crippen LogP contribution >= 0.6 is 0 Å². The van der Waals surface area contributed by atoms with Crippen LogP contribution in [-0.2, 0) is 11.3 Å². The summed E-state index contributed by atoms with van der Waals surface area (Å²) in [6, 6.07) is 21.4. The molecule has 5 nitrogen and oxygen atoms in total. The lowest BCUT2D eigenvalue weighted by molar-refractivity contribution is -0.274. The number of nitrogens with zero attached hydrogens (tertiary/aromatic N) is 2. The fourth-order valence-corrected chi connectivity index (χ4v) is 4.20. The third-order valence-corrected chi connectivity index (χ3v) is 5.93. The number of ether oxygens (including phenoxy) is 2. The Morgan fingerprint density at radius 3 is 2.17 bits per heavy atom. The zero-order chi connectivity index (χ0) is 24.8. The Balaban J connectivity index is 1.37. The number of halogens is 3. The highest BCUT2D eigenvalue weighted by Gasteiger charge is 2.31. The van der Waals surface area contributed by atoms with E-state index >= 15 is 0 Å². The number of hydrogen-bond donors (Lipinski definition) is 0. The molecule has 3 aromatic rings. The summed E-state index contributed by atoms with van der Waals surface area (Å²) in [5, 5.41) is 0. The maximum absolute atomic E-state index is 12.5. The number of hydrogen-bond acceptors (Lipinski definition) is 5. The number of piperazine rings is 1. The van der Waals surface area contributed by atoms with Gasteiger partial charge in [-0.2, -0.15) is 0 Å². The van der Waals surface area contributed by atoms with Gasteiger partial charge in [0, 0.05) is 38.4 Å². The van der Waals surface area contributed by atoms with Gasteiger partial charge in [-0.1, -0.05) is 36.4 Å². The van der Waals surface area contributed by atoms with Gasteiger partial charge in [0.15, 0.2) is 0 Å². The third kappa shape index (κ3) is 6.54. The highest BCUT2D eigenvalue weighted by atomic mass is 19.4. The van der Waals surface area contributed by atoms with Crippen LogP contribution in [0, 0.1) is 0 Å². The zero-order valence-electron chi connectivity index (χ0n) is 19.4. The van der Waals surface area contributed by atoms with E-state index in [0.29, 0.717) is 12.2 Å². The van der Waals surface area contributed by atoms with Gasteiger partial charge in [-0.3, -0.25) is 4.90 Å². The van der Waals surface area contributed by atoms with Crippen LogP contribution in [-0.4, -0.2) is 50.0 Å². The summed E-state index contributed by atoms with van der Waals surface area (Å²) in [6.07, 6.45) is -4.70. The fraction of sp³-hybridized carbons (Fsp3) is 0.296. The second-order valence-electron chi connectivity index (χ2n) is 8.26. The average molecular weight is 485 g/mol. The molecule has 0 saturated carbocycles. The van der Waals surface area contributed by atoms with Gasteiger partial charge < -0.3 is 14.4 Å². The highest BCUT2D eigenvalue weighted by Crippen LogP contribution is 2.29. The van der Waals surface area contributed by atoms with E-state index in [1.54, 1.807) is 31.2 Å². The molecule has 0 radical (unpaired) electrons. The number of alkyl halides is 3. The van der Waals surface area contributed by atoms with Crippen LogP contribution in [0.1, 0.15) is 22.8 Å². The molecule has 3 aromatic carbocycles. The van der Waals surface area contributed by atoms with Crippen LogP contribution in [0.5, 0.6) is 5.75 Å². The summed E-state index contributed by atoms with van der Waals surface area (Å²) in [4.78, 5) is 16.5. The lowest BCUT2D eigenvalue weighted by Crippen LogP contribution is -2.46. The van der Waals surface area contributed by atoms with Crippen molar-refractivity contribution in [3.8, 4) is 16.9 Å². The van der Waals surface area contributed by atoms with Crippen molar-refractivity contribution in [1.82, 2.24) is 4.90 Å². The molecule has 4 rings (SSSR count). The summed E-state index contributed by atoms with van der Waals surface area (Å²) in [5.41, 5.74) is 4.56. The Morgan fingerprint density at radius 2 is 1.54 bits per heavy atom. The number of anilines is 1. The summed E-state index contributed by atoms with van der Waals surface area (Å²) >= 11 is 0. The molecule has 1 aliphatic heterocycles. The van der Waals surface area contributed by atoms with Crippen LogP contribution < -0.4 is 9.64 Å². The molecule has 0 N–H and O–H groups in total. The molecule has 1 heterocycles. The Labute approximate surface area is 202 Å². The first-order chi connectivity index (χ1) is 16.8. The van der Waals surface area contributed by atoms with Crippen LogP contribution in [0.4, 0.5) is 18.9 Å². The van der Waals surface area contributed by atoms with Gasteiger partial charge >= 0.3 is 12.3 Å². The lowest BCUT2D eigenvalue weighted by atomic mass is 9.99. The fourth-order valence-electron chi connectivity index (χ4n) is 4.20. The van der Waals surface area contributed by atoms with E-state index in [-0.39, 0.29) is 11.7 Å². The van der Waals surface area contributed by atoms with E-state index in [2.05, 4.69) is 20.6 Å². The van der Waals surface area contributed by atoms with Crippen molar-refractivity contribution in [2.24, 2.45) is 0 Å². The van der Waals surface area contributed by atoms with Gasteiger partial charge in [-0.05, 0) is 60.0 Å². The normalized spacial score (nSPS) is 14.6. The van der Waals surface area contributed by atoms with Gasteiger partial charge in [-0.15, -0.1) is 13.2 Å². The van der Waals surface area contributed by atoms with Crippen molar-refractivity contribution in [2.45, 2.75) is 19.8 Å². The molecule has 0 aromatic heterocycles. The van der Waals surface area contributed by atoms with E-state index in [0.717, 1.165) is 55.1 Å². The molecule has 1 saturated heterocycles. The Morgan fingerprint density at radius 1 is 0.886 bits per heavy atom. The van der Waals surface area contributed by atoms with E-state index in [9.17, 15) is 18.0 Å². The minimum Gasteiger partial charge on any atom is -0.462 e. The minimum absolute atomic E-state index is 0.231. The first-order valence-corrected chi connectivity index (χ1v) is 11.5. The van der Waals surface area contributed by atoms with E-state index < -0.39 is 6.36 Å². The van der Waals surface area contributed by atoms with Crippen LogP contribution in [0.15, 0.2) is 72.8 Å². The largest absolute Gasteiger partial charge is 0.573 e. The molecule has 0 amide bonds. The topological polar surface area (TPSA) is 42.0 Å². The maximum atomic E-state index is 12.5. The number of rotatable bonds is 7. The van der Waals surface area contributed by atoms with Crippen molar-refractivity contribution in [2.75, 3.05) is 37.7 Å². The average Bonchev–Trinajstić information content (AvgIpc) is 2.85. The summed E-state index contributed by atoms with van der Waals surface area (Å²) in [7, 11) is 0. The van der Waals surface area contributed by atoms with Crippen molar-refractivity contribution >= 4 is 11.7 Å². The SMILES string of the molecule is CCOC(=O)c1ccc(N2CCN(Cc3ccccc3-c3ccc(OC(F)(F)F)cc3)CC2)cc1. The molecular weight excluding hydrogens is 457 g/mol. The Bertz CT molecular complexity index is 1120. The summed E-state index contributed by atoms with van der Waals surface area (Å²) < 4.78 is 46.4. The van der Waals surface area contributed by atoms with Gasteiger partial charge in [-0.25, -0.2) is 4.79 Å². The molecule has 0 unspecified atom stereocenters. The molecule has 0 bridgehead atoms. The highest BCUT2D eigenvalue weighted by molar-refractivity contribution is 5.89. The van der Waals surface area contributed by atoms with Crippen LogP contribution in [0.3, 0.4) is 0 Å². The maximum Gasteiger partial charge on any atom is 0.573 e. The summed E-state index contributed by atoms with van der Waals surface area (Å²) in [5.74, 6) is -0.546. The monoisotopic (exact) mass is 484 g/mol. The predicted molar refractivity (Wildman–Crippen MR) is 128 cm³/mol. The van der Waals surface area contributed by atoms with Crippen LogP contribution in [0.25, 0.3) is 11.1 Å². The number of benzene rings is 3. The molecular formula is C27H27F3N2O3. The first kappa shape index (κ1) is 24.6.